The highest BCUT2D eigenvalue weighted by molar-refractivity contribution is 9.09. The summed E-state index contributed by atoms with van der Waals surface area (Å²) in [5.41, 5.74) is -0.0369. The molecule has 0 bridgehead atoms. The zero-order valence-corrected chi connectivity index (χ0v) is 10.7. The van der Waals surface area contributed by atoms with Crippen molar-refractivity contribution < 1.29 is 4.74 Å². The topological polar surface area (TPSA) is 9.23 Å². The Labute approximate surface area is 97.6 Å². The molecule has 1 aliphatic heterocycles. The molecule has 0 aliphatic carbocycles. The van der Waals surface area contributed by atoms with Gasteiger partial charge in [0.05, 0.1) is 11.7 Å². The Morgan fingerprint density at radius 1 is 1.71 bits per heavy atom. The van der Waals surface area contributed by atoms with Gasteiger partial charge in [0.1, 0.15) is 0 Å². The van der Waals surface area contributed by atoms with Crippen molar-refractivity contribution in [2.24, 2.45) is 0 Å². The number of thiophene rings is 1. The zero-order valence-electron chi connectivity index (χ0n) is 8.33. The van der Waals surface area contributed by atoms with Crippen LogP contribution in [0.4, 0.5) is 0 Å². The van der Waals surface area contributed by atoms with Gasteiger partial charge in [-0.15, -0.1) is 11.3 Å². The van der Waals surface area contributed by atoms with Crippen molar-refractivity contribution in [3.05, 3.63) is 22.4 Å². The Bertz CT molecular complexity index is 285. The van der Waals surface area contributed by atoms with Crippen LogP contribution in [0.25, 0.3) is 0 Å². The first-order chi connectivity index (χ1) is 6.74. The van der Waals surface area contributed by atoms with Crippen molar-refractivity contribution in [1.29, 1.82) is 0 Å². The maximum Gasteiger partial charge on any atom is 0.0998 e. The first-order valence-electron chi connectivity index (χ1n) is 5.02. The van der Waals surface area contributed by atoms with Gasteiger partial charge in [0.2, 0.25) is 0 Å². The first kappa shape index (κ1) is 10.7. The van der Waals surface area contributed by atoms with Crippen LogP contribution in [0.2, 0.25) is 0 Å². The predicted molar refractivity (Wildman–Crippen MR) is 64.2 cm³/mol. The average molecular weight is 275 g/mol. The van der Waals surface area contributed by atoms with Gasteiger partial charge in [-0.3, -0.25) is 0 Å². The van der Waals surface area contributed by atoms with Crippen LogP contribution in [-0.2, 0) is 10.3 Å². The van der Waals surface area contributed by atoms with Crippen molar-refractivity contribution in [2.45, 2.75) is 37.9 Å². The van der Waals surface area contributed by atoms with Crippen LogP contribution in [0.5, 0.6) is 0 Å². The smallest absolute Gasteiger partial charge is 0.0998 e. The number of ether oxygens (including phenoxy) is 1. The van der Waals surface area contributed by atoms with Gasteiger partial charge in [-0.25, -0.2) is 0 Å². The number of hydrogen-bond acceptors (Lipinski definition) is 2. The summed E-state index contributed by atoms with van der Waals surface area (Å²) in [6.07, 6.45) is 3.99. The van der Waals surface area contributed by atoms with Crippen LogP contribution < -0.4 is 0 Å². The third kappa shape index (κ3) is 2.05. The molecule has 78 valence electrons. The van der Waals surface area contributed by atoms with Crippen LogP contribution in [0.1, 0.15) is 31.1 Å². The third-order valence-corrected chi connectivity index (χ3v) is 4.66. The second-order valence-corrected chi connectivity index (χ2v) is 5.59. The Hall–Kier alpha value is 0.140. The fourth-order valence-corrected chi connectivity index (χ4v) is 3.34. The zero-order chi connectivity index (χ0) is 10.0. The molecule has 1 aromatic rings. The molecule has 0 spiro atoms. The minimum absolute atomic E-state index is 0.0369. The molecule has 1 aromatic heterocycles. The lowest BCUT2D eigenvalue weighted by Crippen LogP contribution is -2.35. The molecular weight excluding hydrogens is 260 g/mol. The van der Waals surface area contributed by atoms with E-state index in [1.54, 1.807) is 11.3 Å². The summed E-state index contributed by atoms with van der Waals surface area (Å²) < 4.78 is 6.13. The Morgan fingerprint density at radius 3 is 3.21 bits per heavy atom. The van der Waals surface area contributed by atoms with E-state index in [-0.39, 0.29) is 5.60 Å². The lowest BCUT2D eigenvalue weighted by Gasteiger charge is -2.37. The number of alkyl halides is 1. The summed E-state index contributed by atoms with van der Waals surface area (Å²) >= 11 is 5.30. The highest BCUT2D eigenvalue weighted by Gasteiger charge is 2.34. The Kier molecular flexibility index (Phi) is 3.30. The Balaban J connectivity index is 2.15. The number of halogens is 1. The molecule has 2 heterocycles. The minimum Gasteiger partial charge on any atom is -0.366 e. The largest absolute Gasteiger partial charge is 0.366 e. The lowest BCUT2D eigenvalue weighted by atomic mass is 9.92. The molecule has 0 amide bonds. The molecule has 1 aliphatic rings. The first-order valence-corrected chi connectivity index (χ1v) is 7.02. The second kappa shape index (κ2) is 4.33. The molecule has 2 atom stereocenters. The molecule has 0 aromatic carbocycles. The van der Waals surface area contributed by atoms with Crippen LogP contribution in [0.15, 0.2) is 17.5 Å². The highest BCUT2D eigenvalue weighted by Crippen LogP contribution is 2.39. The highest BCUT2D eigenvalue weighted by atomic mass is 79.9. The van der Waals surface area contributed by atoms with Gasteiger partial charge in [-0.05, 0) is 37.6 Å². The van der Waals surface area contributed by atoms with Crippen molar-refractivity contribution in [3.63, 3.8) is 0 Å². The summed E-state index contributed by atoms with van der Waals surface area (Å²) in [4.78, 5) is 1.36. The van der Waals surface area contributed by atoms with E-state index in [0.29, 0.717) is 6.10 Å². The summed E-state index contributed by atoms with van der Waals surface area (Å²) in [5, 5.41) is 3.08. The van der Waals surface area contributed by atoms with E-state index in [2.05, 4.69) is 40.4 Å². The molecule has 2 rings (SSSR count). The summed E-state index contributed by atoms with van der Waals surface area (Å²) in [6.45, 7) is 2.22. The Morgan fingerprint density at radius 2 is 2.57 bits per heavy atom. The third-order valence-electron chi connectivity index (χ3n) is 2.82. The standard InChI is InChI=1S/C11H15BrOS/c1-11(10-5-3-7-14-10)6-2-4-9(8-12)13-11/h3,5,7,9H,2,4,6,8H2,1H3. The molecule has 14 heavy (non-hydrogen) atoms. The van der Waals surface area contributed by atoms with E-state index < -0.39 is 0 Å². The van der Waals surface area contributed by atoms with E-state index in [4.69, 9.17) is 4.74 Å². The number of hydrogen-bond donors (Lipinski definition) is 0. The fourth-order valence-electron chi connectivity index (χ4n) is 2.02. The number of rotatable bonds is 2. The molecule has 1 nitrogen and oxygen atoms in total. The molecule has 2 unspecified atom stereocenters. The molecular formula is C11H15BrOS. The summed E-state index contributed by atoms with van der Waals surface area (Å²) in [6, 6.07) is 4.29. The summed E-state index contributed by atoms with van der Waals surface area (Å²) in [7, 11) is 0. The van der Waals surface area contributed by atoms with Crippen molar-refractivity contribution in [2.75, 3.05) is 5.33 Å². The minimum atomic E-state index is -0.0369. The van der Waals surface area contributed by atoms with Crippen LogP contribution >= 0.6 is 27.3 Å². The van der Waals surface area contributed by atoms with Gasteiger partial charge in [0.15, 0.2) is 0 Å². The average Bonchev–Trinajstić information content (AvgIpc) is 2.71. The molecule has 0 radical (unpaired) electrons. The van der Waals surface area contributed by atoms with Gasteiger partial charge in [-0.1, -0.05) is 22.0 Å². The monoisotopic (exact) mass is 274 g/mol. The molecule has 0 saturated carbocycles. The quantitative estimate of drug-likeness (QED) is 0.743. The van der Waals surface area contributed by atoms with Crippen LogP contribution in [0.3, 0.4) is 0 Å². The normalized spacial score (nSPS) is 33.1. The SMILES string of the molecule is CC1(c2cccs2)CCCC(CBr)O1. The molecule has 1 fully saturated rings. The van der Waals surface area contributed by atoms with Gasteiger partial charge < -0.3 is 4.74 Å². The van der Waals surface area contributed by atoms with E-state index in [0.717, 1.165) is 11.8 Å². The van der Waals surface area contributed by atoms with Crippen LogP contribution in [0, 0.1) is 0 Å². The maximum atomic E-state index is 6.13. The van der Waals surface area contributed by atoms with Crippen molar-refractivity contribution >= 4 is 27.3 Å². The lowest BCUT2D eigenvalue weighted by molar-refractivity contribution is -0.111. The summed E-state index contributed by atoms with van der Waals surface area (Å²) in [5.74, 6) is 0. The van der Waals surface area contributed by atoms with Gasteiger partial charge in [-0.2, -0.15) is 0 Å². The second-order valence-electron chi connectivity index (χ2n) is 3.99. The van der Waals surface area contributed by atoms with Crippen molar-refractivity contribution in [3.8, 4) is 0 Å². The maximum absolute atomic E-state index is 6.13. The van der Waals surface area contributed by atoms with Crippen molar-refractivity contribution in [1.82, 2.24) is 0 Å². The molecule has 0 N–H and O–H groups in total. The fraction of sp³-hybridized carbons (Fsp3) is 0.636. The van der Waals surface area contributed by atoms with E-state index in [1.807, 2.05) is 0 Å². The van der Waals surface area contributed by atoms with E-state index >= 15 is 0 Å². The van der Waals surface area contributed by atoms with E-state index in [9.17, 15) is 0 Å². The van der Waals surface area contributed by atoms with Gasteiger partial charge >= 0.3 is 0 Å². The molecule has 1 saturated heterocycles. The van der Waals surface area contributed by atoms with Gasteiger partial charge in [0, 0.05) is 10.2 Å². The van der Waals surface area contributed by atoms with Gasteiger partial charge in [0.25, 0.3) is 0 Å². The predicted octanol–water partition coefficient (Wildman–Crippen LogP) is 3.93. The van der Waals surface area contributed by atoms with E-state index in [1.165, 1.54) is 17.7 Å². The van der Waals surface area contributed by atoms with Crippen LogP contribution in [-0.4, -0.2) is 11.4 Å². The molecule has 3 heteroatoms.